The zero-order valence-corrected chi connectivity index (χ0v) is 12.0. The smallest absolute Gasteiger partial charge is 0.256 e. The van der Waals surface area contributed by atoms with Gasteiger partial charge in [-0.3, -0.25) is 9.59 Å². The Morgan fingerprint density at radius 2 is 2.00 bits per heavy atom. The van der Waals surface area contributed by atoms with Crippen molar-refractivity contribution >= 4 is 23.2 Å². The van der Waals surface area contributed by atoms with Crippen LogP contribution in [0, 0.1) is 0 Å². The van der Waals surface area contributed by atoms with Gasteiger partial charge < -0.3 is 15.3 Å². The number of nitrogens with one attached hydrogen (secondary N) is 1. The molecule has 0 unspecified atom stereocenters. The maximum atomic E-state index is 12.2. The zero-order valence-electron chi connectivity index (χ0n) is 12.0. The molecule has 2 N–H and O–H groups in total. The van der Waals surface area contributed by atoms with Crippen molar-refractivity contribution in [1.82, 2.24) is 0 Å². The van der Waals surface area contributed by atoms with E-state index in [1.54, 1.807) is 17.0 Å². The molecule has 2 fully saturated rings. The molecule has 2 amide bonds. The molecule has 1 aliphatic carbocycles. The van der Waals surface area contributed by atoms with Crippen LogP contribution in [0.2, 0.25) is 0 Å². The van der Waals surface area contributed by atoms with Crippen LogP contribution in [-0.4, -0.2) is 29.1 Å². The summed E-state index contributed by atoms with van der Waals surface area (Å²) in [4.78, 5) is 25.7. The number of aliphatic hydroxyl groups is 1. The van der Waals surface area contributed by atoms with E-state index in [1.165, 1.54) is 0 Å². The fraction of sp³-hybridized carbons (Fsp3) is 0.500. The minimum Gasteiger partial charge on any atom is -0.380 e. The summed E-state index contributed by atoms with van der Waals surface area (Å²) in [5.41, 5.74) is 0.186. The molecule has 112 valence electrons. The largest absolute Gasteiger partial charge is 0.380 e. The molecule has 5 nitrogen and oxygen atoms in total. The van der Waals surface area contributed by atoms with Gasteiger partial charge in [0, 0.05) is 24.3 Å². The lowest BCUT2D eigenvalue weighted by molar-refractivity contribution is -0.133. The van der Waals surface area contributed by atoms with Crippen molar-refractivity contribution in [3.05, 3.63) is 24.3 Å². The van der Waals surface area contributed by atoms with Crippen LogP contribution in [0.4, 0.5) is 11.4 Å². The van der Waals surface area contributed by atoms with E-state index in [2.05, 4.69) is 5.32 Å². The molecule has 3 rings (SSSR count). The van der Waals surface area contributed by atoms with Crippen LogP contribution in [0.5, 0.6) is 0 Å². The minimum atomic E-state index is -1.24. The Labute approximate surface area is 123 Å². The highest BCUT2D eigenvalue weighted by Gasteiger charge is 2.38. The Balaban J connectivity index is 1.74. The van der Waals surface area contributed by atoms with Gasteiger partial charge in [-0.15, -0.1) is 0 Å². The van der Waals surface area contributed by atoms with Gasteiger partial charge in [0.15, 0.2) is 0 Å². The molecule has 1 aromatic carbocycles. The predicted molar refractivity (Wildman–Crippen MR) is 80.1 cm³/mol. The van der Waals surface area contributed by atoms with E-state index in [4.69, 9.17) is 0 Å². The molecule has 1 aliphatic heterocycles. The molecule has 5 heteroatoms. The molecular weight excluding hydrogens is 268 g/mol. The number of nitrogens with zero attached hydrogens (tertiary/aromatic N) is 1. The van der Waals surface area contributed by atoms with E-state index in [-0.39, 0.29) is 11.8 Å². The molecular formula is C16H20N2O3. The molecule has 0 spiro atoms. The SMILES string of the molecule is O=C1CCCN1c1cccc(NC(=O)C2(O)CCCC2)c1. The monoisotopic (exact) mass is 288 g/mol. The topological polar surface area (TPSA) is 69.6 Å². The van der Waals surface area contributed by atoms with Crippen molar-refractivity contribution in [3.63, 3.8) is 0 Å². The van der Waals surface area contributed by atoms with Crippen LogP contribution in [0.25, 0.3) is 0 Å². The van der Waals surface area contributed by atoms with Gasteiger partial charge in [-0.2, -0.15) is 0 Å². The summed E-state index contributed by atoms with van der Waals surface area (Å²) in [7, 11) is 0. The summed E-state index contributed by atoms with van der Waals surface area (Å²) in [6.45, 7) is 0.722. The highest BCUT2D eigenvalue weighted by molar-refractivity contribution is 5.99. The molecule has 0 atom stereocenters. The molecule has 2 aliphatic rings. The Morgan fingerprint density at radius 3 is 2.67 bits per heavy atom. The van der Waals surface area contributed by atoms with Crippen molar-refractivity contribution in [2.75, 3.05) is 16.8 Å². The quantitative estimate of drug-likeness (QED) is 0.894. The van der Waals surface area contributed by atoms with Gasteiger partial charge in [-0.1, -0.05) is 6.07 Å². The summed E-state index contributed by atoms with van der Waals surface area (Å²) < 4.78 is 0. The van der Waals surface area contributed by atoms with Crippen LogP contribution >= 0.6 is 0 Å². The molecule has 1 saturated carbocycles. The normalized spacial score (nSPS) is 20.8. The van der Waals surface area contributed by atoms with Crippen molar-refractivity contribution in [2.45, 2.75) is 44.1 Å². The van der Waals surface area contributed by atoms with Crippen molar-refractivity contribution < 1.29 is 14.7 Å². The predicted octanol–water partition coefficient (Wildman–Crippen LogP) is 2.06. The van der Waals surface area contributed by atoms with E-state index in [9.17, 15) is 14.7 Å². The first-order chi connectivity index (χ1) is 10.1. The Hall–Kier alpha value is -1.88. The van der Waals surface area contributed by atoms with E-state index in [1.807, 2.05) is 12.1 Å². The number of carbonyl (C=O) groups excluding carboxylic acids is 2. The van der Waals surface area contributed by atoms with Crippen LogP contribution in [0.15, 0.2) is 24.3 Å². The second kappa shape index (κ2) is 5.48. The summed E-state index contributed by atoms with van der Waals surface area (Å²) >= 11 is 0. The Bertz CT molecular complexity index is 564. The van der Waals surface area contributed by atoms with E-state index < -0.39 is 5.60 Å². The maximum absolute atomic E-state index is 12.2. The van der Waals surface area contributed by atoms with Crippen molar-refractivity contribution in [1.29, 1.82) is 0 Å². The average molecular weight is 288 g/mol. The first-order valence-electron chi connectivity index (χ1n) is 7.53. The van der Waals surface area contributed by atoms with Gasteiger partial charge in [0.2, 0.25) is 5.91 Å². The highest BCUT2D eigenvalue weighted by Crippen LogP contribution is 2.31. The average Bonchev–Trinajstić information content (AvgIpc) is 3.09. The van der Waals surface area contributed by atoms with E-state index in [0.717, 1.165) is 31.5 Å². The summed E-state index contributed by atoms with van der Waals surface area (Å²) in [6, 6.07) is 7.25. The molecule has 0 bridgehead atoms. The molecule has 0 aromatic heterocycles. The lowest BCUT2D eigenvalue weighted by Gasteiger charge is -2.22. The Morgan fingerprint density at radius 1 is 1.24 bits per heavy atom. The fourth-order valence-corrected chi connectivity index (χ4v) is 3.11. The molecule has 1 aromatic rings. The van der Waals surface area contributed by atoms with Gasteiger partial charge >= 0.3 is 0 Å². The number of amides is 2. The number of rotatable bonds is 3. The summed E-state index contributed by atoms with van der Waals surface area (Å²) in [6.07, 6.45) is 4.25. The minimum absolute atomic E-state index is 0.118. The molecule has 0 radical (unpaired) electrons. The third-order valence-electron chi connectivity index (χ3n) is 4.34. The number of anilines is 2. The third-order valence-corrected chi connectivity index (χ3v) is 4.34. The number of hydrogen-bond acceptors (Lipinski definition) is 3. The Kier molecular flexibility index (Phi) is 3.68. The van der Waals surface area contributed by atoms with Crippen LogP contribution in [-0.2, 0) is 9.59 Å². The molecule has 1 saturated heterocycles. The lowest BCUT2D eigenvalue weighted by atomic mass is 10.0. The first kappa shape index (κ1) is 14.1. The zero-order chi connectivity index (χ0) is 14.9. The third kappa shape index (κ3) is 2.78. The second-order valence-electron chi connectivity index (χ2n) is 5.89. The van der Waals surface area contributed by atoms with Gasteiger partial charge in [0.1, 0.15) is 5.60 Å². The van der Waals surface area contributed by atoms with E-state index in [0.29, 0.717) is 24.9 Å². The van der Waals surface area contributed by atoms with Crippen LogP contribution in [0.1, 0.15) is 38.5 Å². The van der Waals surface area contributed by atoms with Gasteiger partial charge in [0.05, 0.1) is 0 Å². The number of benzene rings is 1. The molecule has 1 heterocycles. The van der Waals surface area contributed by atoms with E-state index >= 15 is 0 Å². The number of hydrogen-bond donors (Lipinski definition) is 2. The van der Waals surface area contributed by atoms with Gasteiger partial charge in [-0.25, -0.2) is 0 Å². The van der Waals surface area contributed by atoms with Crippen molar-refractivity contribution in [3.8, 4) is 0 Å². The summed E-state index contributed by atoms with van der Waals surface area (Å²) in [5, 5.41) is 13.0. The van der Waals surface area contributed by atoms with Crippen LogP contribution < -0.4 is 10.2 Å². The highest BCUT2D eigenvalue weighted by atomic mass is 16.3. The number of carbonyl (C=O) groups is 2. The maximum Gasteiger partial charge on any atom is 0.256 e. The van der Waals surface area contributed by atoms with Gasteiger partial charge in [-0.05, 0) is 50.3 Å². The summed E-state index contributed by atoms with van der Waals surface area (Å²) in [5.74, 6) is -0.224. The first-order valence-corrected chi connectivity index (χ1v) is 7.53. The van der Waals surface area contributed by atoms with Crippen LogP contribution in [0.3, 0.4) is 0 Å². The van der Waals surface area contributed by atoms with Crippen molar-refractivity contribution in [2.24, 2.45) is 0 Å². The lowest BCUT2D eigenvalue weighted by Crippen LogP contribution is -2.40. The van der Waals surface area contributed by atoms with Gasteiger partial charge in [0.25, 0.3) is 5.91 Å². The second-order valence-corrected chi connectivity index (χ2v) is 5.89. The standard InChI is InChI=1S/C16H20N2O3/c19-14-7-4-10-18(14)13-6-3-5-12(11-13)17-15(20)16(21)8-1-2-9-16/h3,5-6,11,21H,1-2,4,7-10H2,(H,17,20). The molecule has 21 heavy (non-hydrogen) atoms. The fourth-order valence-electron chi connectivity index (χ4n) is 3.11.